The maximum atomic E-state index is 13.4. The summed E-state index contributed by atoms with van der Waals surface area (Å²) in [5, 5.41) is 2.10. The van der Waals surface area contributed by atoms with E-state index in [-0.39, 0.29) is 11.9 Å². The van der Waals surface area contributed by atoms with E-state index in [1.807, 2.05) is 17.0 Å². The van der Waals surface area contributed by atoms with Crippen molar-refractivity contribution in [3.63, 3.8) is 0 Å². The maximum Gasteiger partial charge on any atom is 0.241 e. The molecule has 3 heterocycles. The quantitative estimate of drug-likeness (QED) is 0.600. The smallest absolute Gasteiger partial charge is 0.241 e. The SMILES string of the molecule is COc1cc2c(cc1OC)C(c1cccs1)N(CC(=O)N1CCc3ccccc31)CC2. The van der Waals surface area contributed by atoms with Gasteiger partial charge in [0.2, 0.25) is 5.91 Å². The number of hydrogen-bond acceptors (Lipinski definition) is 5. The minimum absolute atomic E-state index is 0.0327. The van der Waals surface area contributed by atoms with Gasteiger partial charge in [0.05, 0.1) is 26.8 Å². The normalized spacial score (nSPS) is 17.9. The zero-order valence-corrected chi connectivity index (χ0v) is 18.7. The summed E-state index contributed by atoms with van der Waals surface area (Å²) in [6, 6.07) is 16.7. The average Bonchev–Trinajstić information content (AvgIpc) is 3.48. The predicted molar refractivity (Wildman–Crippen MR) is 123 cm³/mol. The standard InChI is InChI=1S/C25H26N2O3S/c1-29-21-14-18-9-11-26(16-24(28)27-12-10-17-6-3-4-7-20(17)27)25(23-8-5-13-31-23)19(18)15-22(21)30-2/h3-8,13-15,25H,9-12,16H2,1-2H3. The van der Waals surface area contributed by atoms with Crippen LogP contribution < -0.4 is 14.4 Å². The molecule has 0 fully saturated rings. The monoisotopic (exact) mass is 434 g/mol. The second-order valence-electron chi connectivity index (χ2n) is 7.97. The fraction of sp³-hybridized carbons (Fsp3) is 0.320. The lowest BCUT2D eigenvalue weighted by Gasteiger charge is -2.37. The molecule has 31 heavy (non-hydrogen) atoms. The largest absolute Gasteiger partial charge is 0.493 e. The number of rotatable bonds is 5. The van der Waals surface area contributed by atoms with Crippen LogP contribution >= 0.6 is 11.3 Å². The fourth-order valence-corrected chi connectivity index (χ4v) is 5.68. The molecule has 5 rings (SSSR count). The Morgan fingerprint density at radius 1 is 1.00 bits per heavy atom. The van der Waals surface area contributed by atoms with Crippen molar-refractivity contribution in [2.75, 3.05) is 38.8 Å². The first-order chi connectivity index (χ1) is 15.2. The van der Waals surface area contributed by atoms with Crippen LogP contribution in [0, 0.1) is 0 Å². The zero-order valence-electron chi connectivity index (χ0n) is 17.8. The molecule has 2 aliphatic heterocycles. The van der Waals surface area contributed by atoms with E-state index in [0.29, 0.717) is 6.54 Å². The molecule has 6 heteroatoms. The van der Waals surface area contributed by atoms with Crippen molar-refractivity contribution < 1.29 is 14.3 Å². The van der Waals surface area contributed by atoms with E-state index in [9.17, 15) is 4.79 Å². The summed E-state index contributed by atoms with van der Waals surface area (Å²) in [6.45, 7) is 1.98. The highest BCUT2D eigenvalue weighted by atomic mass is 32.1. The molecule has 1 atom stereocenters. The first-order valence-electron chi connectivity index (χ1n) is 10.6. The molecule has 1 unspecified atom stereocenters. The molecule has 3 aromatic rings. The number of thiophene rings is 1. The zero-order chi connectivity index (χ0) is 21.4. The van der Waals surface area contributed by atoms with Gasteiger partial charge in [-0.15, -0.1) is 11.3 Å². The topological polar surface area (TPSA) is 42.0 Å². The molecule has 0 saturated carbocycles. The van der Waals surface area contributed by atoms with Gasteiger partial charge in [0, 0.05) is 23.7 Å². The third kappa shape index (κ3) is 3.60. The Hall–Kier alpha value is -2.83. The predicted octanol–water partition coefficient (Wildman–Crippen LogP) is 4.30. The highest BCUT2D eigenvalue weighted by molar-refractivity contribution is 7.10. The van der Waals surface area contributed by atoms with Crippen molar-refractivity contribution in [1.29, 1.82) is 0 Å². The minimum atomic E-state index is 0.0327. The summed E-state index contributed by atoms with van der Waals surface area (Å²) in [4.78, 5) is 18.9. The van der Waals surface area contributed by atoms with Crippen LogP contribution in [0.25, 0.3) is 0 Å². The van der Waals surface area contributed by atoms with Crippen LogP contribution in [0.1, 0.15) is 27.6 Å². The van der Waals surface area contributed by atoms with Gasteiger partial charge < -0.3 is 14.4 Å². The summed E-state index contributed by atoms with van der Waals surface area (Å²) in [7, 11) is 3.34. The maximum absolute atomic E-state index is 13.4. The van der Waals surface area contributed by atoms with Gasteiger partial charge in [-0.25, -0.2) is 0 Å². The van der Waals surface area contributed by atoms with Crippen molar-refractivity contribution in [2.24, 2.45) is 0 Å². The summed E-state index contributed by atoms with van der Waals surface area (Å²) in [5.74, 6) is 1.64. The molecule has 0 radical (unpaired) electrons. The van der Waals surface area contributed by atoms with Crippen molar-refractivity contribution in [1.82, 2.24) is 4.90 Å². The number of methoxy groups -OCH3 is 2. The van der Waals surface area contributed by atoms with Gasteiger partial charge >= 0.3 is 0 Å². The first-order valence-corrected chi connectivity index (χ1v) is 11.5. The van der Waals surface area contributed by atoms with Gasteiger partial charge in [0.15, 0.2) is 11.5 Å². The van der Waals surface area contributed by atoms with Crippen molar-refractivity contribution in [3.8, 4) is 11.5 Å². The molecule has 160 valence electrons. The van der Waals surface area contributed by atoms with E-state index in [4.69, 9.17) is 9.47 Å². The second kappa shape index (κ2) is 8.36. The minimum Gasteiger partial charge on any atom is -0.493 e. The third-order valence-corrected chi connectivity index (χ3v) is 7.24. The van der Waals surface area contributed by atoms with Gasteiger partial charge in [-0.3, -0.25) is 9.69 Å². The Balaban J connectivity index is 1.47. The number of nitrogens with zero attached hydrogens (tertiary/aromatic N) is 2. The molecule has 0 aliphatic carbocycles. The molecule has 5 nitrogen and oxygen atoms in total. The summed E-state index contributed by atoms with van der Waals surface area (Å²) >= 11 is 1.73. The highest BCUT2D eigenvalue weighted by Crippen LogP contribution is 2.42. The third-order valence-electron chi connectivity index (χ3n) is 6.31. The number of para-hydroxylation sites is 1. The number of amides is 1. The lowest BCUT2D eigenvalue weighted by atomic mass is 9.91. The Morgan fingerprint density at radius 3 is 2.55 bits per heavy atom. The van der Waals surface area contributed by atoms with Crippen molar-refractivity contribution >= 4 is 22.9 Å². The van der Waals surface area contributed by atoms with Crippen LogP contribution in [0.4, 0.5) is 5.69 Å². The van der Waals surface area contributed by atoms with Crippen molar-refractivity contribution in [2.45, 2.75) is 18.9 Å². The van der Waals surface area contributed by atoms with E-state index in [0.717, 1.165) is 43.1 Å². The molecular formula is C25H26N2O3S. The molecule has 1 aromatic heterocycles. The van der Waals surface area contributed by atoms with Gasteiger partial charge in [-0.1, -0.05) is 24.3 Å². The summed E-state index contributed by atoms with van der Waals surface area (Å²) in [6.07, 6.45) is 1.80. The Labute approximate surface area is 186 Å². The number of benzene rings is 2. The molecule has 0 saturated heterocycles. The van der Waals surface area contributed by atoms with Crippen LogP contribution in [-0.4, -0.2) is 44.7 Å². The molecular weight excluding hydrogens is 408 g/mol. The Kier molecular flexibility index (Phi) is 5.42. The average molecular weight is 435 g/mol. The first kappa shape index (κ1) is 20.1. The van der Waals surface area contributed by atoms with Crippen LogP contribution in [0.5, 0.6) is 11.5 Å². The number of ether oxygens (including phenoxy) is 2. The molecule has 2 aromatic carbocycles. The Morgan fingerprint density at radius 2 is 1.77 bits per heavy atom. The Bertz CT molecular complexity index is 1100. The number of carbonyl (C=O) groups is 1. The lowest BCUT2D eigenvalue weighted by Crippen LogP contribution is -2.44. The van der Waals surface area contributed by atoms with Crippen molar-refractivity contribution in [3.05, 3.63) is 75.5 Å². The van der Waals surface area contributed by atoms with Crippen LogP contribution in [0.15, 0.2) is 53.9 Å². The summed E-state index contributed by atoms with van der Waals surface area (Å²) < 4.78 is 11.1. The van der Waals surface area contributed by atoms with E-state index < -0.39 is 0 Å². The van der Waals surface area contributed by atoms with Crippen LogP contribution in [0.3, 0.4) is 0 Å². The number of fused-ring (bicyclic) bond motifs is 2. The van der Waals surface area contributed by atoms with Gasteiger partial charge in [0.1, 0.15) is 0 Å². The van der Waals surface area contributed by atoms with E-state index in [1.54, 1.807) is 25.6 Å². The molecule has 1 amide bonds. The molecule has 2 aliphatic rings. The number of carbonyl (C=O) groups excluding carboxylic acids is 1. The van der Waals surface area contributed by atoms with Gasteiger partial charge in [0.25, 0.3) is 0 Å². The molecule has 0 spiro atoms. The molecule has 0 N–H and O–H groups in total. The summed E-state index contributed by atoms with van der Waals surface area (Å²) in [5.41, 5.74) is 4.77. The van der Waals surface area contributed by atoms with E-state index in [1.165, 1.54) is 21.6 Å². The van der Waals surface area contributed by atoms with E-state index in [2.05, 4.69) is 46.7 Å². The number of hydrogen-bond donors (Lipinski definition) is 0. The number of anilines is 1. The van der Waals surface area contributed by atoms with Gasteiger partial charge in [-0.05, 0) is 59.2 Å². The van der Waals surface area contributed by atoms with Crippen LogP contribution in [-0.2, 0) is 17.6 Å². The van der Waals surface area contributed by atoms with E-state index >= 15 is 0 Å². The van der Waals surface area contributed by atoms with Crippen LogP contribution in [0.2, 0.25) is 0 Å². The highest BCUT2D eigenvalue weighted by Gasteiger charge is 2.34. The second-order valence-corrected chi connectivity index (χ2v) is 8.95. The fourth-order valence-electron chi connectivity index (χ4n) is 4.80. The molecule has 0 bridgehead atoms. The van der Waals surface area contributed by atoms with Gasteiger partial charge in [-0.2, -0.15) is 0 Å². The lowest BCUT2D eigenvalue weighted by molar-refractivity contribution is -0.120.